The largest absolute Gasteiger partial charge is 0.455 e. The van der Waals surface area contributed by atoms with Crippen molar-refractivity contribution in [2.75, 3.05) is 33.3 Å². The highest BCUT2D eigenvalue weighted by Crippen LogP contribution is 2.12. The molecule has 102 valence electrons. The van der Waals surface area contributed by atoms with Gasteiger partial charge in [-0.05, 0) is 25.2 Å². The van der Waals surface area contributed by atoms with E-state index in [1.165, 1.54) is 4.90 Å². The minimum Gasteiger partial charge on any atom is -0.455 e. The molecule has 0 bridgehead atoms. The normalized spacial score (nSPS) is 10.9. The fourth-order valence-corrected chi connectivity index (χ4v) is 1.69. The van der Waals surface area contributed by atoms with Crippen molar-refractivity contribution in [3.8, 4) is 0 Å². The Bertz CT molecular complexity index is 372. The molecule has 0 aliphatic rings. The Morgan fingerprint density at radius 2 is 2.00 bits per heavy atom. The molecule has 18 heavy (non-hydrogen) atoms. The summed E-state index contributed by atoms with van der Waals surface area (Å²) >= 11 is 0. The van der Waals surface area contributed by atoms with E-state index >= 15 is 0 Å². The minimum atomic E-state index is -0.199. The minimum absolute atomic E-state index is 0.0464. The molecule has 1 amide bonds. The van der Waals surface area contributed by atoms with Crippen molar-refractivity contribution < 1.29 is 14.3 Å². The van der Waals surface area contributed by atoms with Gasteiger partial charge < -0.3 is 14.4 Å². The summed E-state index contributed by atoms with van der Waals surface area (Å²) in [6, 6.07) is 3.52. The third kappa shape index (κ3) is 3.85. The second-order valence-corrected chi connectivity index (χ2v) is 4.18. The maximum absolute atomic E-state index is 11.9. The summed E-state index contributed by atoms with van der Waals surface area (Å²) in [6.45, 7) is 7.06. The lowest BCUT2D eigenvalue weighted by Crippen LogP contribution is -2.29. The first-order valence-electron chi connectivity index (χ1n) is 6.29. The second-order valence-electron chi connectivity index (χ2n) is 4.18. The predicted octanol–water partition coefficient (Wildman–Crippen LogP) is 1.19. The van der Waals surface area contributed by atoms with Crippen LogP contribution < -0.4 is 0 Å². The van der Waals surface area contributed by atoms with Gasteiger partial charge in [-0.2, -0.15) is 0 Å². The molecule has 0 atom stereocenters. The van der Waals surface area contributed by atoms with Crippen LogP contribution in [-0.4, -0.2) is 54.1 Å². The first kappa shape index (κ1) is 14.7. The van der Waals surface area contributed by atoms with Crippen molar-refractivity contribution in [1.82, 2.24) is 9.80 Å². The Kier molecular flexibility index (Phi) is 5.88. The number of aliphatic hydroxyl groups excluding tert-OH is 1. The van der Waals surface area contributed by atoms with Crippen LogP contribution in [0.15, 0.2) is 16.5 Å². The number of aliphatic hydroxyl groups is 1. The number of furan rings is 1. The average Bonchev–Trinajstić information content (AvgIpc) is 2.83. The summed E-state index contributed by atoms with van der Waals surface area (Å²) in [6.07, 6.45) is 0. The summed E-state index contributed by atoms with van der Waals surface area (Å²) in [7, 11) is 1.64. The van der Waals surface area contributed by atoms with Crippen molar-refractivity contribution >= 4 is 5.91 Å². The maximum Gasteiger partial charge on any atom is 0.289 e. The molecule has 5 heteroatoms. The third-order valence-electron chi connectivity index (χ3n) is 2.93. The number of likely N-dealkylation sites (N-methyl/N-ethyl adjacent to an activating group) is 1. The smallest absolute Gasteiger partial charge is 0.289 e. The van der Waals surface area contributed by atoms with Gasteiger partial charge in [0.1, 0.15) is 5.76 Å². The van der Waals surface area contributed by atoms with Crippen LogP contribution in [0, 0.1) is 0 Å². The fourth-order valence-electron chi connectivity index (χ4n) is 1.69. The van der Waals surface area contributed by atoms with Crippen molar-refractivity contribution in [3.05, 3.63) is 23.7 Å². The van der Waals surface area contributed by atoms with Gasteiger partial charge in [0.15, 0.2) is 5.76 Å². The van der Waals surface area contributed by atoms with Crippen molar-refractivity contribution in [1.29, 1.82) is 0 Å². The van der Waals surface area contributed by atoms with Crippen molar-refractivity contribution in [2.24, 2.45) is 0 Å². The van der Waals surface area contributed by atoms with Gasteiger partial charge in [0.2, 0.25) is 0 Å². The molecule has 0 aliphatic carbocycles. The van der Waals surface area contributed by atoms with Crippen molar-refractivity contribution in [2.45, 2.75) is 20.4 Å². The van der Waals surface area contributed by atoms with Crippen LogP contribution in [-0.2, 0) is 6.54 Å². The molecule has 1 heterocycles. The van der Waals surface area contributed by atoms with Gasteiger partial charge in [0.05, 0.1) is 13.2 Å². The number of nitrogens with zero attached hydrogens (tertiary/aromatic N) is 2. The first-order valence-corrected chi connectivity index (χ1v) is 6.29. The van der Waals surface area contributed by atoms with E-state index in [1.54, 1.807) is 13.1 Å². The molecule has 0 fully saturated rings. The zero-order valence-corrected chi connectivity index (χ0v) is 11.3. The summed E-state index contributed by atoms with van der Waals surface area (Å²) in [5, 5.41) is 8.79. The topological polar surface area (TPSA) is 56.9 Å². The highest BCUT2D eigenvalue weighted by Gasteiger charge is 2.16. The molecule has 5 nitrogen and oxygen atoms in total. The van der Waals surface area contributed by atoms with Crippen LogP contribution in [0.1, 0.15) is 30.2 Å². The molecular weight excluding hydrogens is 232 g/mol. The predicted molar refractivity (Wildman–Crippen MR) is 69.4 cm³/mol. The van der Waals surface area contributed by atoms with Gasteiger partial charge in [-0.3, -0.25) is 9.69 Å². The van der Waals surface area contributed by atoms with Gasteiger partial charge in [0, 0.05) is 13.6 Å². The van der Waals surface area contributed by atoms with E-state index in [-0.39, 0.29) is 12.5 Å². The van der Waals surface area contributed by atoms with Crippen LogP contribution in [0.2, 0.25) is 0 Å². The van der Waals surface area contributed by atoms with Crippen LogP contribution in [0.5, 0.6) is 0 Å². The van der Waals surface area contributed by atoms with Crippen molar-refractivity contribution in [3.63, 3.8) is 0 Å². The van der Waals surface area contributed by atoms with E-state index in [0.717, 1.165) is 18.8 Å². The Balaban J connectivity index is 2.65. The summed E-state index contributed by atoms with van der Waals surface area (Å²) in [4.78, 5) is 15.5. The molecule has 1 aromatic rings. The Hall–Kier alpha value is -1.33. The van der Waals surface area contributed by atoms with Gasteiger partial charge >= 0.3 is 0 Å². The lowest BCUT2D eigenvalue weighted by molar-refractivity contribution is 0.0732. The van der Waals surface area contributed by atoms with Gasteiger partial charge in [-0.1, -0.05) is 13.8 Å². The van der Waals surface area contributed by atoms with Crippen LogP contribution >= 0.6 is 0 Å². The van der Waals surface area contributed by atoms with E-state index in [4.69, 9.17) is 9.52 Å². The molecule has 0 radical (unpaired) electrons. The lowest BCUT2D eigenvalue weighted by Gasteiger charge is -2.16. The summed E-state index contributed by atoms with van der Waals surface area (Å²) in [5.74, 6) is 0.919. The maximum atomic E-state index is 11.9. The number of carbonyl (C=O) groups excluding carboxylic acids is 1. The molecular formula is C13H22N2O3. The summed E-state index contributed by atoms with van der Waals surface area (Å²) < 4.78 is 5.53. The molecule has 0 spiro atoms. The molecule has 1 aromatic heterocycles. The number of hydrogen-bond acceptors (Lipinski definition) is 4. The number of rotatable bonds is 7. The fraction of sp³-hybridized carbons (Fsp3) is 0.615. The zero-order chi connectivity index (χ0) is 13.5. The standard InChI is InChI=1S/C13H22N2O3/c1-4-15(5-2)10-11-6-7-12(18-11)13(17)14(3)8-9-16/h6-7,16H,4-5,8-10H2,1-3H3. The van der Waals surface area contributed by atoms with E-state index in [2.05, 4.69) is 18.7 Å². The average molecular weight is 254 g/mol. The van der Waals surface area contributed by atoms with E-state index in [1.807, 2.05) is 6.07 Å². The highest BCUT2D eigenvalue weighted by atomic mass is 16.4. The number of carbonyl (C=O) groups is 1. The Morgan fingerprint density at radius 3 is 2.56 bits per heavy atom. The molecule has 0 saturated heterocycles. The van der Waals surface area contributed by atoms with Crippen LogP contribution in [0.3, 0.4) is 0 Å². The van der Waals surface area contributed by atoms with E-state index in [9.17, 15) is 4.79 Å². The second kappa shape index (κ2) is 7.18. The molecule has 0 unspecified atom stereocenters. The monoisotopic (exact) mass is 254 g/mol. The van der Waals surface area contributed by atoms with Gasteiger partial charge in [-0.15, -0.1) is 0 Å². The molecule has 0 aromatic carbocycles. The molecule has 1 rings (SSSR count). The van der Waals surface area contributed by atoms with E-state index < -0.39 is 0 Å². The first-order chi connectivity index (χ1) is 8.62. The molecule has 0 aliphatic heterocycles. The molecule has 1 N–H and O–H groups in total. The van der Waals surface area contributed by atoms with Crippen LogP contribution in [0.4, 0.5) is 0 Å². The molecule has 0 saturated carbocycles. The van der Waals surface area contributed by atoms with E-state index in [0.29, 0.717) is 18.8 Å². The number of hydrogen-bond donors (Lipinski definition) is 1. The zero-order valence-electron chi connectivity index (χ0n) is 11.3. The SMILES string of the molecule is CCN(CC)Cc1ccc(C(=O)N(C)CCO)o1. The number of amides is 1. The van der Waals surface area contributed by atoms with Gasteiger partial charge in [-0.25, -0.2) is 0 Å². The Morgan fingerprint density at radius 1 is 1.33 bits per heavy atom. The lowest BCUT2D eigenvalue weighted by atomic mass is 10.3. The van der Waals surface area contributed by atoms with Crippen LogP contribution in [0.25, 0.3) is 0 Å². The quantitative estimate of drug-likeness (QED) is 0.794. The van der Waals surface area contributed by atoms with Gasteiger partial charge in [0.25, 0.3) is 5.91 Å². The third-order valence-corrected chi connectivity index (χ3v) is 2.93. The Labute approximate surface area is 108 Å². The summed E-state index contributed by atoms with van der Waals surface area (Å²) in [5.41, 5.74) is 0. The highest BCUT2D eigenvalue weighted by molar-refractivity contribution is 5.91.